The minimum atomic E-state index is -0.0262. The Labute approximate surface area is 173 Å². The Morgan fingerprint density at radius 2 is 2.03 bits per heavy atom. The van der Waals surface area contributed by atoms with Gasteiger partial charge in [-0.2, -0.15) is 0 Å². The van der Waals surface area contributed by atoms with Crippen LogP contribution in [0.4, 0.5) is 5.13 Å². The lowest BCUT2D eigenvalue weighted by Crippen LogP contribution is -2.31. The molecule has 0 aliphatic rings. The minimum Gasteiger partial charge on any atom is -0.496 e. The van der Waals surface area contributed by atoms with Gasteiger partial charge in [0.05, 0.1) is 36.6 Å². The van der Waals surface area contributed by atoms with Gasteiger partial charge >= 0.3 is 0 Å². The maximum Gasteiger partial charge on any atom is 0.233 e. The van der Waals surface area contributed by atoms with E-state index in [4.69, 9.17) is 14.1 Å². The summed E-state index contributed by atoms with van der Waals surface area (Å²) in [4.78, 5) is 19.7. The Balaban J connectivity index is 1.65. The Morgan fingerprint density at radius 3 is 2.76 bits per heavy atom. The Bertz CT molecular complexity index is 1150. The Morgan fingerprint density at radius 1 is 1.17 bits per heavy atom. The quantitative estimate of drug-likeness (QED) is 0.436. The number of thiazole rings is 1. The number of rotatable bonds is 6. The fourth-order valence-electron chi connectivity index (χ4n) is 3.28. The second kappa shape index (κ2) is 8.09. The van der Waals surface area contributed by atoms with Crippen LogP contribution in [0, 0.1) is 13.8 Å². The number of furan rings is 1. The summed E-state index contributed by atoms with van der Waals surface area (Å²) in [6.07, 6.45) is 1.90. The lowest BCUT2D eigenvalue weighted by molar-refractivity contribution is -0.118. The van der Waals surface area contributed by atoms with E-state index in [-0.39, 0.29) is 12.3 Å². The minimum absolute atomic E-state index is 0.0262. The first-order valence-corrected chi connectivity index (χ1v) is 10.2. The van der Waals surface area contributed by atoms with E-state index in [2.05, 4.69) is 13.0 Å². The fourth-order valence-corrected chi connectivity index (χ4v) is 4.36. The van der Waals surface area contributed by atoms with E-state index >= 15 is 0 Å². The molecule has 0 spiro atoms. The van der Waals surface area contributed by atoms with Crippen LogP contribution in [0.25, 0.3) is 10.2 Å². The fraction of sp³-hybridized carbons (Fsp3) is 0.217. The van der Waals surface area contributed by atoms with E-state index in [9.17, 15) is 4.79 Å². The first-order chi connectivity index (χ1) is 14.0. The van der Waals surface area contributed by atoms with Crippen LogP contribution in [-0.2, 0) is 17.8 Å². The number of aromatic nitrogens is 1. The molecule has 4 aromatic rings. The third-order valence-electron chi connectivity index (χ3n) is 4.77. The van der Waals surface area contributed by atoms with Crippen molar-refractivity contribution in [2.75, 3.05) is 12.0 Å². The number of carbonyl (C=O) groups excluding carboxylic acids is 1. The van der Waals surface area contributed by atoms with Crippen LogP contribution in [0.3, 0.4) is 0 Å². The van der Waals surface area contributed by atoms with E-state index in [1.807, 2.05) is 49.4 Å². The van der Waals surface area contributed by atoms with Gasteiger partial charge in [-0.05, 0) is 60.9 Å². The predicted octanol–water partition coefficient (Wildman–Crippen LogP) is 5.29. The standard InChI is InChI=1S/C23H22N2O3S/c1-15-6-8-19-21(11-15)29-23(24-19)25(14-18-5-4-10-28-18)22(26)13-17-7-9-20(27-3)16(2)12-17/h4-12H,13-14H2,1-3H3. The molecule has 0 saturated heterocycles. The highest BCUT2D eigenvalue weighted by Gasteiger charge is 2.22. The van der Waals surface area contributed by atoms with E-state index < -0.39 is 0 Å². The van der Waals surface area contributed by atoms with Crippen molar-refractivity contribution in [2.24, 2.45) is 0 Å². The summed E-state index contributed by atoms with van der Waals surface area (Å²) in [5.41, 5.74) is 4.01. The number of nitrogens with zero attached hydrogens (tertiary/aromatic N) is 2. The van der Waals surface area contributed by atoms with Crippen LogP contribution in [0.15, 0.2) is 59.2 Å². The normalized spacial score (nSPS) is 11.0. The van der Waals surface area contributed by atoms with Gasteiger partial charge in [-0.1, -0.05) is 29.5 Å². The van der Waals surface area contributed by atoms with Crippen LogP contribution in [0.1, 0.15) is 22.5 Å². The van der Waals surface area contributed by atoms with E-state index in [1.165, 1.54) is 16.9 Å². The summed E-state index contributed by atoms with van der Waals surface area (Å²) >= 11 is 1.52. The van der Waals surface area contributed by atoms with Gasteiger partial charge in [0.2, 0.25) is 5.91 Å². The molecular weight excluding hydrogens is 384 g/mol. The number of amides is 1. The molecule has 1 amide bonds. The SMILES string of the molecule is COc1ccc(CC(=O)N(Cc2ccco2)c2nc3ccc(C)cc3s2)cc1C. The molecule has 0 bridgehead atoms. The predicted molar refractivity (Wildman–Crippen MR) is 116 cm³/mol. The van der Waals surface area contributed by atoms with Gasteiger partial charge in [-0.25, -0.2) is 4.98 Å². The van der Waals surface area contributed by atoms with Gasteiger partial charge in [0.1, 0.15) is 11.5 Å². The molecule has 2 aromatic carbocycles. The van der Waals surface area contributed by atoms with E-state index in [1.54, 1.807) is 18.3 Å². The van der Waals surface area contributed by atoms with Gasteiger partial charge in [0.15, 0.2) is 5.13 Å². The first-order valence-electron chi connectivity index (χ1n) is 9.37. The van der Waals surface area contributed by atoms with Gasteiger partial charge in [-0.3, -0.25) is 9.69 Å². The largest absolute Gasteiger partial charge is 0.496 e. The van der Waals surface area contributed by atoms with Gasteiger partial charge in [0, 0.05) is 0 Å². The maximum atomic E-state index is 13.3. The molecule has 29 heavy (non-hydrogen) atoms. The smallest absolute Gasteiger partial charge is 0.233 e. The zero-order valence-electron chi connectivity index (χ0n) is 16.6. The first kappa shape index (κ1) is 19.2. The zero-order chi connectivity index (χ0) is 20.4. The van der Waals surface area contributed by atoms with Crippen molar-refractivity contribution in [1.82, 2.24) is 4.98 Å². The van der Waals surface area contributed by atoms with Crippen LogP contribution < -0.4 is 9.64 Å². The van der Waals surface area contributed by atoms with Crippen molar-refractivity contribution in [3.8, 4) is 5.75 Å². The van der Waals surface area contributed by atoms with Gasteiger partial charge in [-0.15, -0.1) is 0 Å². The van der Waals surface area contributed by atoms with Crippen molar-refractivity contribution >= 4 is 32.6 Å². The molecule has 0 fully saturated rings. The number of methoxy groups -OCH3 is 1. The highest BCUT2D eigenvalue weighted by atomic mass is 32.1. The average Bonchev–Trinajstić information content (AvgIpc) is 3.35. The van der Waals surface area contributed by atoms with Crippen LogP contribution in [0.5, 0.6) is 5.75 Å². The molecule has 4 rings (SSSR count). The number of carbonyl (C=O) groups is 1. The Kier molecular flexibility index (Phi) is 5.36. The van der Waals surface area contributed by atoms with Gasteiger partial charge in [0.25, 0.3) is 0 Å². The zero-order valence-corrected chi connectivity index (χ0v) is 17.5. The molecule has 148 valence electrons. The molecule has 0 aliphatic heterocycles. The van der Waals surface area contributed by atoms with Crippen molar-refractivity contribution in [3.05, 3.63) is 77.2 Å². The molecule has 0 radical (unpaired) electrons. The molecule has 0 saturated carbocycles. The summed E-state index contributed by atoms with van der Waals surface area (Å²) in [5, 5.41) is 0.678. The van der Waals surface area contributed by atoms with Crippen LogP contribution >= 0.6 is 11.3 Å². The number of aryl methyl sites for hydroxylation is 2. The topological polar surface area (TPSA) is 55.6 Å². The highest BCUT2D eigenvalue weighted by molar-refractivity contribution is 7.22. The molecule has 2 heterocycles. The van der Waals surface area contributed by atoms with Crippen LogP contribution in [-0.4, -0.2) is 18.0 Å². The summed E-state index contributed by atoms with van der Waals surface area (Å²) < 4.78 is 11.9. The molecule has 0 atom stereocenters. The summed E-state index contributed by atoms with van der Waals surface area (Å²) in [6.45, 7) is 4.37. The van der Waals surface area contributed by atoms with Crippen LogP contribution in [0.2, 0.25) is 0 Å². The third-order valence-corrected chi connectivity index (χ3v) is 5.81. The lowest BCUT2D eigenvalue weighted by atomic mass is 10.1. The van der Waals surface area contributed by atoms with Crippen molar-refractivity contribution < 1.29 is 13.9 Å². The molecule has 2 aromatic heterocycles. The third kappa shape index (κ3) is 4.17. The molecule has 5 nitrogen and oxygen atoms in total. The number of anilines is 1. The average molecular weight is 407 g/mol. The molecule has 0 N–H and O–H groups in total. The molecule has 0 unspecified atom stereocenters. The lowest BCUT2D eigenvalue weighted by Gasteiger charge is -2.19. The summed E-state index contributed by atoms with van der Waals surface area (Å²) in [5.74, 6) is 1.51. The number of hydrogen-bond donors (Lipinski definition) is 0. The number of fused-ring (bicyclic) bond motifs is 1. The van der Waals surface area contributed by atoms with E-state index in [0.29, 0.717) is 11.7 Å². The second-order valence-electron chi connectivity index (χ2n) is 7.01. The number of hydrogen-bond acceptors (Lipinski definition) is 5. The number of ether oxygens (including phenoxy) is 1. The maximum absolute atomic E-state index is 13.3. The summed E-state index contributed by atoms with van der Waals surface area (Å²) in [6, 6.07) is 15.6. The monoisotopic (exact) mass is 406 g/mol. The number of benzene rings is 2. The second-order valence-corrected chi connectivity index (χ2v) is 8.02. The molecular formula is C23H22N2O3S. The summed E-state index contributed by atoms with van der Waals surface area (Å²) in [7, 11) is 1.65. The van der Waals surface area contributed by atoms with Crippen molar-refractivity contribution in [2.45, 2.75) is 26.8 Å². The van der Waals surface area contributed by atoms with Gasteiger partial charge < -0.3 is 9.15 Å². The highest BCUT2D eigenvalue weighted by Crippen LogP contribution is 2.31. The van der Waals surface area contributed by atoms with Crippen molar-refractivity contribution in [3.63, 3.8) is 0 Å². The van der Waals surface area contributed by atoms with Crippen molar-refractivity contribution in [1.29, 1.82) is 0 Å². The Hall–Kier alpha value is -3.12. The molecule has 0 aliphatic carbocycles. The van der Waals surface area contributed by atoms with E-state index in [0.717, 1.165) is 32.9 Å². The molecule has 6 heteroatoms.